The van der Waals surface area contributed by atoms with Crippen LogP contribution in [-0.2, 0) is 0 Å². The molecule has 0 saturated heterocycles. The highest BCUT2D eigenvalue weighted by molar-refractivity contribution is 5.91. The molecule has 29 heavy (non-hydrogen) atoms. The first kappa shape index (κ1) is 18.6. The molecule has 1 heterocycles. The zero-order valence-electron chi connectivity index (χ0n) is 16.1. The Morgan fingerprint density at radius 1 is 0.931 bits per heavy atom. The Morgan fingerprint density at radius 2 is 1.69 bits per heavy atom. The first-order valence-electron chi connectivity index (χ1n) is 9.23. The molecule has 0 aliphatic heterocycles. The highest BCUT2D eigenvalue weighted by Gasteiger charge is 2.18. The lowest BCUT2D eigenvalue weighted by atomic mass is 10.1. The standard InChI is InChI=1S/C24H19FN2O2/c1-16-8-6-13-22(17(16)2)27-23(15-21(26-27)18-9-4-3-5-10-18)29-24(28)19-11-7-12-20(25)14-19/h3-15H,1-2H3. The van der Waals surface area contributed by atoms with Gasteiger partial charge in [-0.2, -0.15) is 9.78 Å². The van der Waals surface area contributed by atoms with E-state index < -0.39 is 11.8 Å². The highest BCUT2D eigenvalue weighted by Crippen LogP contribution is 2.29. The molecule has 0 aliphatic rings. The first-order chi connectivity index (χ1) is 14.0. The number of hydrogen-bond donors (Lipinski definition) is 0. The molecule has 0 radical (unpaired) electrons. The van der Waals surface area contributed by atoms with Gasteiger partial charge < -0.3 is 4.74 Å². The van der Waals surface area contributed by atoms with Crippen LogP contribution < -0.4 is 4.74 Å². The van der Waals surface area contributed by atoms with Crippen molar-refractivity contribution in [2.75, 3.05) is 0 Å². The minimum absolute atomic E-state index is 0.139. The maximum absolute atomic E-state index is 13.5. The number of hydrogen-bond acceptors (Lipinski definition) is 3. The van der Waals surface area contributed by atoms with Crippen LogP contribution in [0.15, 0.2) is 78.9 Å². The Balaban J connectivity index is 1.80. The van der Waals surface area contributed by atoms with Gasteiger partial charge in [0.05, 0.1) is 16.9 Å². The summed E-state index contributed by atoms with van der Waals surface area (Å²) in [7, 11) is 0. The molecule has 5 heteroatoms. The monoisotopic (exact) mass is 386 g/mol. The molecule has 0 saturated carbocycles. The average Bonchev–Trinajstić information content (AvgIpc) is 3.14. The predicted octanol–water partition coefficient (Wildman–Crippen LogP) is 5.51. The van der Waals surface area contributed by atoms with E-state index in [1.54, 1.807) is 10.7 Å². The Labute approximate surface area is 168 Å². The summed E-state index contributed by atoms with van der Waals surface area (Å²) in [4.78, 5) is 12.6. The zero-order chi connectivity index (χ0) is 20.4. The van der Waals surface area contributed by atoms with Crippen LogP contribution in [0.4, 0.5) is 4.39 Å². The van der Waals surface area contributed by atoms with E-state index in [-0.39, 0.29) is 11.4 Å². The van der Waals surface area contributed by atoms with E-state index in [1.807, 2.05) is 62.4 Å². The average molecular weight is 386 g/mol. The van der Waals surface area contributed by atoms with Crippen LogP contribution in [0.5, 0.6) is 5.88 Å². The molecule has 0 N–H and O–H groups in total. The minimum atomic E-state index is -0.643. The lowest BCUT2D eigenvalue weighted by Crippen LogP contribution is -2.12. The van der Waals surface area contributed by atoms with Gasteiger partial charge in [0.1, 0.15) is 5.82 Å². The third-order valence-electron chi connectivity index (χ3n) is 4.81. The van der Waals surface area contributed by atoms with Crippen LogP contribution in [0.3, 0.4) is 0 Å². The molecule has 0 atom stereocenters. The van der Waals surface area contributed by atoms with Crippen molar-refractivity contribution in [1.29, 1.82) is 0 Å². The van der Waals surface area contributed by atoms with Crippen molar-refractivity contribution in [3.63, 3.8) is 0 Å². The van der Waals surface area contributed by atoms with Gasteiger partial charge in [0.15, 0.2) is 0 Å². The topological polar surface area (TPSA) is 44.1 Å². The molecular formula is C24H19FN2O2. The van der Waals surface area contributed by atoms with Gasteiger partial charge in [0.2, 0.25) is 5.88 Å². The fraction of sp³-hybridized carbons (Fsp3) is 0.0833. The van der Waals surface area contributed by atoms with Gasteiger partial charge in [-0.15, -0.1) is 0 Å². The molecule has 0 aliphatic carbocycles. The van der Waals surface area contributed by atoms with Gasteiger partial charge in [-0.3, -0.25) is 0 Å². The van der Waals surface area contributed by atoms with E-state index in [0.717, 1.165) is 28.4 Å². The van der Waals surface area contributed by atoms with Crippen molar-refractivity contribution in [2.45, 2.75) is 13.8 Å². The van der Waals surface area contributed by atoms with Gasteiger partial charge >= 0.3 is 5.97 Å². The quantitative estimate of drug-likeness (QED) is 0.434. The number of benzene rings is 3. The normalized spacial score (nSPS) is 10.7. The van der Waals surface area contributed by atoms with E-state index in [0.29, 0.717) is 5.69 Å². The second-order valence-electron chi connectivity index (χ2n) is 6.76. The van der Waals surface area contributed by atoms with Crippen molar-refractivity contribution in [2.24, 2.45) is 0 Å². The number of carbonyl (C=O) groups excluding carboxylic acids is 1. The Kier molecular flexibility index (Phi) is 4.96. The van der Waals surface area contributed by atoms with Crippen molar-refractivity contribution in [3.05, 3.63) is 101 Å². The number of carbonyl (C=O) groups is 1. The Hall–Kier alpha value is -3.73. The van der Waals surface area contributed by atoms with Gasteiger partial charge in [0.25, 0.3) is 0 Å². The van der Waals surface area contributed by atoms with Crippen LogP contribution >= 0.6 is 0 Å². The zero-order valence-corrected chi connectivity index (χ0v) is 16.1. The molecular weight excluding hydrogens is 367 g/mol. The fourth-order valence-corrected chi connectivity index (χ4v) is 3.09. The summed E-state index contributed by atoms with van der Waals surface area (Å²) in [5.74, 6) is -0.866. The van der Waals surface area contributed by atoms with Gasteiger partial charge in [-0.25, -0.2) is 9.18 Å². The molecule has 4 nitrogen and oxygen atoms in total. The molecule has 4 aromatic rings. The van der Waals surface area contributed by atoms with Crippen molar-refractivity contribution in [1.82, 2.24) is 9.78 Å². The summed E-state index contributed by atoms with van der Waals surface area (Å²) < 4.78 is 20.8. The summed E-state index contributed by atoms with van der Waals surface area (Å²) in [5.41, 5.74) is 4.65. The summed E-state index contributed by atoms with van der Waals surface area (Å²) >= 11 is 0. The fourth-order valence-electron chi connectivity index (χ4n) is 3.09. The van der Waals surface area contributed by atoms with Crippen LogP contribution in [0.25, 0.3) is 16.9 Å². The lowest BCUT2D eigenvalue weighted by molar-refractivity contribution is 0.0722. The van der Waals surface area contributed by atoms with Crippen LogP contribution in [0, 0.1) is 19.7 Å². The second-order valence-corrected chi connectivity index (χ2v) is 6.76. The molecule has 0 spiro atoms. The molecule has 0 unspecified atom stereocenters. The molecule has 4 rings (SSSR count). The van der Waals surface area contributed by atoms with E-state index >= 15 is 0 Å². The summed E-state index contributed by atoms with van der Waals surface area (Å²) in [5, 5.41) is 4.68. The third kappa shape index (κ3) is 3.80. The van der Waals surface area contributed by atoms with Crippen molar-refractivity contribution in [3.8, 4) is 22.8 Å². The van der Waals surface area contributed by atoms with E-state index in [4.69, 9.17) is 4.74 Å². The number of nitrogens with zero attached hydrogens (tertiary/aromatic N) is 2. The maximum atomic E-state index is 13.5. The summed E-state index contributed by atoms with van der Waals surface area (Å²) in [6, 6.07) is 22.7. The molecule has 144 valence electrons. The first-order valence-corrected chi connectivity index (χ1v) is 9.23. The van der Waals surface area contributed by atoms with E-state index in [9.17, 15) is 9.18 Å². The van der Waals surface area contributed by atoms with Crippen LogP contribution in [0.1, 0.15) is 21.5 Å². The molecule has 3 aromatic carbocycles. The maximum Gasteiger partial charge on any atom is 0.344 e. The number of rotatable bonds is 4. The number of ether oxygens (including phenoxy) is 1. The number of aryl methyl sites for hydroxylation is 1. The Morgan fingerprint density at radius 3 is 2.45 bits per heavy atom. The predicted molar refractivity (Wildman–Crippen MR) is 110 cm³/mol. The SMILES string of the molecule is Cc1cccc(-n2nc(-c3ccccc3)cc2OC(=O)c2cccc(F)c2)c1C. The number of esters is 1. The smallest absolute Gasteiger partial charge is 0.344 e. The van der Waals surface area contributed by atoms with E-state index in [1.165, 1.54) is 18.2 Å². The lowest BCUT2D eigenvalue weighted by Gasteiger charge is -2.12. The van der Waals surface area contributed by atoms with Crippen molar-refractivity contribution < 1.29 is 13.9 Å². The second kappa shape index (κ2) is 7.72. The molecule has 0 fully saturated rings. The minimum Gasteiger partial charge on any atom is -0.404 e. The van der Waals surface area contributed by atoms with Gasteiger partial charge in [-0.05, 0) is 49.2 Å². The van der Waals surface area contributed by atoms with E-state index in [2.05, 4.69) is 5.10 Å². The number of halogens is 1. The highest BCUT2D eigenvalue weighted by atomic mass is 19.1. The number of aromatic nitrogens is 2. The van der Waals surface area contributed by atoms with Crippen LogP contribution in [-0.4, -0.2) is 15.7 Å². The molecule has 0 bridgehead atoms. The summed E-state index contributed by atoms with van der Waals surface area (Å²) in [6.07, 6.45) is 0. The summed E-state index contributed by atoms with van der Waals surface area (Å²) in [6.45, 7) is 4.01. The Bertz CT molecular complexity index is 1180. The molecule has 1 aromatic heterocycles. The van der Waals surface area contributed by atoms with Crippen LogP contribution in [0.2, 0.25) is 0 Å². The largest absolute Gasteiger partial charge is 0.404 e. The third-order valence-corrected chi connectivity index (χ3v) is 4.81. The van der Waals surface area contributed by atoms with Crippen molar-refractivity contribution >= 4 is 5.97 Å². The van der Waals surface area contributed by atoms with Gasteiger partial charge in [0, 0.05) is 11.6 Å². The molecule has 0 amide bonds. The van der Waals surface area contributed by atoms with Gasteiger partial charge in [-0.1, -0.05) is 48.5 Å².